The lowest BCUT2D eigenvalue weighted by atomic mass is 10.3. The summed E-state index contributed by atoms with van der Waals surface area (Å²) >= 11 is 5.95. The first kappa shape index (κ1) is 11.4. The van der Waals surface area contributed by atoms with E-state index in [0.717, 1.165) is 12.8 Å². The molecule has 2 aliphatic rings. The summed E-state index contributed by atoms with van der Waals surface area (Å²) in [6.07, 6.45) is 2.14. The smallest absolute Gasteiger partial charge is 0.246 e. The Labute approximate surface area is 108 Å². The van der Waals surface area contributed by atoms with Gasteiger partial charge in [0.2, 0.25) is 11.8 Å². The predicted molar refractivity (Wildman–Crippen MR) is 64.4 cm³/mol. The molecule has 1 aromatic rings. The molecule has 1 N–H and O–H groups in total. The molecule has 18 heavy (non-hydrogen) atoms. The van der Waals surface area contributed by atoms with Crippen molar-refractivity contribution in [3.05, 3.63) is 17.0 Å². The molecule has 1 aliphatic heterocycles. The molecule has 0 atom stereocenters. The maximum absolute atomic E-state index is 11.3. The molecule has 7 heteroatoms. The summed E-state index contributed by atoms with van der Waals surface area (Å²) < 4.78 is 0. The fraction of sp³-hybridized carbons (Fsp3) is 0.455. The van der Waals surface area contributed by atoms with Crippen LogP contribution >= 0.6 is 11.6 Å². The molecule has 6 nitrogen and oxygen atoms in total. The van der Waals surface area contributed by atoms with Crippen molar-refractivity contribution in [2.75, 3.05) is 18.0 Å². The van der Waals surface area contributed by atoms with Gasteiger partial charge in [-0.3, -0.25) is 14.9 Å². The second-order valence-corrected chi connectivity index (χ2v) is 4.90. The summed E-state index contributed by atoms with van der Waals surface area (Å²) in [4.78, 5) is 32.8. The Morgan fingerprint density at radius 3 is 2.50 bits per heavy atom. The lowest BCUT2D eigenvalue weighted by Gasteiger charge is -2.26. The number of halogens is 1. The Kier molecular flexibility index (Phi) is 2.66. The van der Waals surface area contributed by atoms with E-state index in [4.69, 9.17) is 11.6 Å². The molecule has 3 rings (SSSR count). The number of rotatable bonds is 2. The number of hydrogen-bond donors (Lipinski definition) is 1. The van der Waals surface area contributed by atoms with Gasteiger partial charge in [0.15, 0.2) is 0 Å². The van der Waals surface area contributed by atoms with Crippen molar-refractivity contribution in [3.8, 4) is 0 Å². The highest BCUT2D eigenvalue weighted by atomic mass is 35.5. The van der Waals surface area contributed by atoms with Gasteiger partial charge in [0.1, 0.15) is 16.8 Å². The molecule has 0 unspecified atom stereocenters. The van der Waals surface area contributed by atoms with E-state index in [-0.39, 0.29) is 24.9 Å². The number of nitrogens with one attached hydrogen (secondary N) is 1. The van der Waals surface area contributed by atoms with Crippen LogP contribution in [0.3, 0.4) is 0 Å². The number of carbonyl (C=O) groups is 2. The third-order valence-electron chi connectivity index (χ3n) is 2.91. The molecule has 1 aliphatic carbocycles. The Hall–Kier alpha value is -1.69. The number of nitrogens with zero attached hydrogens (tertiary/aromatic N) is 3. The van der Waals surface area contributed by atoms with E-state index < -0.39 is 0 Å². The lowest BCUT2D eigenvalue weighted by Crippen LogP contribution is -2.51. The van der Waals surface area contributed by atoms with E-state index in [1.165, 1.54) is 0 Å². The molecule has 2 fully saturated rings. The van der Waals surface area contributed by atoms with Crippen LogP contribution in [0, 0.1) is 0 Å². The van der Waals surface area contributed by atoms with Gasteiger partial charge in [0, 0.05) is 12.0 Å². The van der Waals surface area contributed by atoms with Crippen LogP contribution in [-0.2, 0) is 9.59 Å². The molecular formula is C11H11ClN4O2. The zero-order valence-corrected chi connectivity index (χ0v) is 10.3. The topological polar surface area (TPSA) is 75.2 Å². The second kappa shape index (κ2) is 4.20. The van der Waals surface area contributed by atoms with Crippen LogP contribution in [0.1, 0.15) is 24.6 Å². The molecule has 94 valence electrons. The van der Waals surface area contributed by atoms with Crippen molar-refractivity contribution in [1.29, 1.82) is 0 Å². The van der Waals surface area contributed by atoms with Gasteiger partial charge in [0.05, 0.1) is 13.1 Å². The highest BCUT2D eigenvalue weighted by molar-refractivity contribution is 6.29. The normalized spacial score (nSPS) is 19.9. The van der Waals surface area contributed by atoms with Gasteiger partial charge in [-0.2, -0.15) is 0 Å². The van der Waals surface area contributed by atoms with E-state index >= 15 is 0 Å². The number of anilines is 1. The average Bonchev–Trinajstić information content (AvgIpc) is 3.10. The van der Waals surface area contributed by atoms with Crippen LogP contribution < -0.4 is 10.2 Å². The SMILES string of the molecule is O=C1CN(c2cc(Cl)nc(C3CC3)n2)CC(=O)N1. The van der Waals surface area contributed by atoms with Crippen LogP contribution in [0.2, 0.25) is 5.15 Å². The van der Waals surface area contributed by atoms with E-state index in [2.05, 4.69) is 15.3 Å². The largest absolute Gasteiger partial charge is 0.338 e. The van der Waals surface area contributed by atoms with Crippen molar-refractivity contribution in [1.82, 2.24) is 15.3 Å². The third kappa shape index (κ3) is 2.28. The van der Waals surface area contributed by atoms with Crippen LogP contribution in [0.15, 0.2) is 6.07 Å². The summed E-state index contributed by atoms with van der Waals surface area (Å²) in [5.41, 5.74) is 0. The minimum Gasteiger partial charge on any atom is -0.338 e. The van der Waals surface area contributed by atoms with Crippen molar-refractivity contribution in [2.45, 2.75) is 18.8 Å². The lowest BCUT2D eigenvalue weighted by molar-refractivity contribution is -0.130. The van der Waals surface area contributed by atoms with E-state index in [9.17, 15) is 9.59 Å². The summed E-state index contributed by atoms with van der Waals surface area (Å²) in [6, 6.07) is 1.58. The number of imide groups is 1. The number of aromatic nitrogens is 2. The molecule has 1 aromatic heterocycles. The summed E-state index contributed by atoms with van der Waals surface area (Å²) in [6.45, 7) is 0.229. The number of piperazine rings is 1. The van der Waals surface area contributed by atoms with Gasteiger partial charge >= 0.3 is 0 Å². The summed E-state index contributed by atoms with van der Waals surface area (Å²) in [5.74, 6) is 0.968. The van der Waals surface area contributed by atoms with Crippen LogP contribution in [0.25, 0.3) is 0 Å². The van der Waals surface area contributed by atoms with E-state index in [1.54, 1.807) is 11.0 Å². The Balaban J connectivity index is 1.90. The predicted octanol–water partition coefficient (Wildman–Crippen LogP) is 0.470. The standard InChI is InChI=1S/C11H11ClN4O2/c12-7-3-8(14-11(13-7)6-1-2-6)16-4-9(17)15-10(18)5-16/h3,6H,1-2,4-5H2,(H,15,17,18). The fourth-order valence-corrected chi connectivity index (χ4v) is 2.09. The van der Waals surface area contributed by atoms with Crippen LogP contribution in [0.5, 0.6) is 0 Å². The molecule has 1 saturated carbocycles. The minimum atomic E-state index is -0.325. The first-order chi connectivity index (χ1) is 8.61. The molecule has 0 radical (unpaired) electrons. The van der Waals surface area contributed by atoms with Gasteiger partial charge in [-0.25, -0.2) is 9.97 Å². The number of amides is 2. The van der Waals surface area contributed by atoms with Crippen LogP contribution in [-0.4, -0.2) is 34.9 Å². The maximum atomic E-state index is 11.3. The van der Waals surface area contributed by atoms with Crippen molar-refractivity contribution in [2.24, 2.45) is 0 Å². The number of hydrogen-bond acceptors (Lipinski definition) is 5. The second-order valence-electron chi connectivity index (χ2n) is 4.51. The molecular weight excluding hydrogens is 256 g/mol. The van der Waals surface area contributed by atoms with Gasteiger partial charge in [-0.15, -0.1) is 0 Å². The Morgan fingerprint density at radius 2 is 1.89 bits per heavy atom. The Morgan fingerprint density at radius 1 is 1.22 bits per heavy atom. The monoisotopic (exact) mass is 266 g/mol. The van der Waals surface area contributed by atoms with Crippen molar-refractivity contribution >= 4 is 29.2 Å². The van der Waals surface area contributed by atoms with Gasteiger partial charge in [0.25, 0.3) is 0 Å². The van der Waals surface area contributed by atoms with Gasteiger partial charge in [-0.05, 0) is 12.8 Å². The van der Waals surface area contributed by atoms with Crippen molar-refractivity contribution in [3.63, 3.8) is 0 Å². The highest BCUT2D eigenvalue weighted by Crippen LogP contribution is 2.39. The zero-order chi connectivity index (χ0) is 12.7. The van der Waals surface area contributed by atoms with Crippen LogP contribution in [0.4, 0.5) is 5.82 Å². The first-order valence-corrected chi connectivity index (χ1v) is 6.12. The third-order valence-corrected chi connectivity index (χ3v) is 3.11. The molecule has 0 spiro atoms. The number of carbonyl (C=O) groups excluding carboxylic acids is 2. The quantitative estimate of drug-likeness (QED) is 0.622. The zero-order valence-electron chi connectivity index (χ0n) is 9.52. The van der Waals surface area contributed by atoms with Gasteiger partial charge in [-0.1, -0.05) is 11.6 Å². The van der Waals surface area contributed by atoms with E-state index in [0.29, 0.717) is 22.7 Å². The molecule has 2 heterocycles. The minimum absolute atomic E-state index is 0.114. The maximum Gasteiger partial charge on any atom is 0.246 e. The fourth-order valence-electron chi connectivity index (χ4n) is 1.91. The summed E-state index contributed by atoms with van der Waals surface area (Å²) in [5, 5.41) is 2.59. The molecule has 1 saturated heterocycles. The summed E-state index contributed by atoms with van der Waals surface area (Å²) in [7, 11) is 0. The highest BCUT2D eigenvalue weighted by Gasteiger charge is 2.29. The molecule has 2 amide bonds. The molecule has 0 bridgehead atoms. The van der Waals surface area contributed by atoms with Gasteiger partial charge < -0.3 is 4.90 Å². The average molecular weight is 267 g/mol. The first-order valence-electron chi connectivity index (χ1n) is 5.74. The van der Waals surface area contributed by atoms with Crippen molar-refractivity contribution < 1.29 is 9.59 Å². The Bertz CT molecular complexity index is 514. The van der Waals surface area contributed by atoms with E-state index in [1.807, 2.05) is 0 Å². The molecule has 0 aromatic carbocycles.